The number of pyridine rings is 2. The highest BCUT2D eigenvalue weighted by Crippen LogP contribution is 2.37. The van der Waals surface area contributed by atoms with Gasteiger partial charge in [0.2, 0.25) is 5.75 Å². The molecule has 0 aliphatic rings. The topological polar surface area (TPSA) is 109 Å². The molecule has 0 saturated heterocycles. The van der Waals surface area contributed by atoms with Crippen LogP contribution in [0.1, 0.15) is 20.7 Å². The predicted molar refractivity (Wildman–Crippen MR) is 126 cm³/mol. The minimum atomic E-state index is -0.742. The zero-order chi connectivity index (χ0) is 24.2. The molecule has 3 heterocycles. The maximum Gasteiger partial charge on any atom is 0.343 e. The number of carbonyl (C=O) groups excluding carboxylic acids is 2. The minimum Gasteiger partial charge on any atom is -0.452 e. The van der Waals surface area contributed by atoms with Gasteiger partial charge in [0.15, 0.2) is 16.8 Å². The van der Waals surface area contributed by atoms with E-state index in [1.165, 1.54) is 67.3 Å². The van der Waals surface area contributed by atoms with Gasteiger partial charge in [0.25, 0.3) is 0 Å². The molecule has 0 amide bonds. The van der Waals surface area contributed by atoms with Crippen LogP contribution in [0.3, 0.4) is 0 Å². The van der Waals surface area contributed by atoms with E-state index >= 15 is 0 Å². The monoisotopic (exact) mass is 464 g/mol. The van der Waals surface area contributed by atoms with Crippen molar-refractivity contribution in [2.75, 3.05) is 0 Å². The van der Waals surface area contributed by atoms with Gasteiger partial charge in [-0.25, -0.2) is 9.59 Å². The third-order valence-corrected chi connectivity index (χ3v) is 5.10. The van der Waals surface area contributed by atoms with Crippen LogP contribution in [0.15, 0.2) is 107 Å². The van der Waals surface area contributed by atoms with Crippen molar-refractivity contribution in [2.45, 2.75) is 0 Å². The number of aromatic nitrogens is 2. The van der Waals surface area contributed by atoms with Gasteiger partial charge in [-0.05, 0) is 36.4 Å². The summed E-state index contributed by atoms with van der Waals surface area (Å²) >= 11 is 0. The number of carbonyl (C=O) groups is 2. The first kappa shape index (κ1) is 21.7. The standard InChI is InChI=1S/C27H16N2O6/c30-21-16-23(17-4-2-1-3-5-17)33-24-20(21)6-7-22(34-26(31)18-8-12-28-13-9-18)25(24)35-27(32)19-10-14-29-15-11-19/h1-16H. The Morgan fingerprint density at radius 3 is 1.94 bits per heavy atom. The average molecular weight is 464 g/mol. The van der Waals surface area contributed by atoms with Gasteiger partial charge in [0, 0.05) is 36.4 Å². The summed E-state index contributed by atoms with van der Waals surface area (Å²) in [7, 11) is 0. The molecule has 8 heteroatoms. The fourth-order valence-electron chi connectivity index (χ4n) is 3.38. The second-order valence-corrected chi connectivity index (χ2v) is 7.36. The molecule has 0 unspecified atom stereocenters. The second-order valence-electron chi connectivity index (χ2n) is 7.36. The van der Waals surface area contributed by atoms with E-state index in [0.29, 0.717) is 5.56 Å². The Labute approximate surface area is 198 Å². The number of rotatable bonds is 5. The van der Waals surface area contributed by atoms with E-state index in [0.717, 1.165) is 0 Å². The highest BCUT2D eigenvalue weighted by Gasteiger charge is 2.22. The molecule has 3 aromatic heterocycles. The summed E-state index contributed by atoms with van der Waals surface area (Å²) in [6.45, 7) is 0. The molecule has 35 heavy (non-hydrogen) atoms. The molecule has 0 saturated carbocycles. The van der Waals surface area contributed by atoms with Crippen molar-refractivity contribution in [2.24, 2.45) is 0 Å². The molecule has 2 aromatic carbocycles. The van der Waals surface area contributed by atoms with E-state index in [9.17, 15) is 14.4 Å². The highest BCUT2D eigenvalue weighted by atomic mass is 16.6. The molecule has 0 aliphatic carbocycles. The number of nitrogens with zero attached hydrogens (tertiary/aromatic N) is 2. The lowest BCUT2D eigenvalue weighted by Gasteiger charge is -2.13. The summed E-state index contributed by atoms with van der Waals surface area (Å²) in [5, 5.41) is 0.158. The summed E-state index contributed by atoms with van der Waals surface area (Å²) in [5.41, 5.74) is 0.727. The van der Waals surface area contributed by atoms with Crippen molar-refractivity contribution in [1.82, 2.24) is 9.97 Å². The van der Waals surface area contributed by atoms with Crippen LogP contribution in [0, 0.1) is 0 Å². The maximum absolute atomic E-state index is 12.9. The first-order chi connectivity index (χ1) is 17.1. The van der Waals surface area contributed by atoms with Crippen molar-refractivity contribution in [3.8, 4) is 22.8 Å². The third-order valence-electron chi connectivity index (χ3n) is 5.10. The lowest BCUT2D eigenvalue weighted by Crippen LogP contribution is -2.14. The van der Waals surface area contributed by atoms with Crippen LogP contribution in [0.2, 0.25) is 0 Å². The van der Waals surface area contributed by atoms with Crippen LogP contribution < -0.4 is 14.9 Å². The lowest BCUT2D eigenvalue weighted by atomic mass is 10.1. The van der Waals surface area contributed by atoms with Crippen LogP contribution in [0.4, 0.5) is 0 Å². The van der Waals surface area contributed by atoms with Crippen molar-refractivity contribution < 1.29 is 23.5 Å². The quantitative estimate of drug-likeness (QED) is 0.272. The minimum absolute atomic E-state index is 0.0289. The Kier molecular flexibility index (Phi) is 5.83. The third kappa shape index (κ3) is 4.53. The Morgan fingerprint density at radius 1 is 0.714 bits per heavy atom. The molecule has 0 N–H and O–H groups in total. The molecule has 0 spiro atoms. The summed E-state index contributed by atoms with van der Waals surface area (Å²) < 4.78 is 17.2. The SMILES string of the molecule is O=C(Oc1ccc2c(=O)cc(-c3ccccc3)oc2c1OC(=O)c1ccncc1)c1ccncc1. The van der Waals surface area contributed by atoms with Crippen molar-refractivity contribution in [1.29, 1.82) is 0 Å². The summed E-state index contributed by atoms with van der Waals surface area (Å²) in [6, 6.07) is 19.1. The van der Waals surface area contributed by atoms with Crippen LogP contribution in [-0.2, 0) is 0 Å². The zero-order valence-corrected chi connectivity index (χ0v) is 18.1. The largest absolute Gasteiger partial charge is 0.452 e. The van der Waals surface area contributed by atoms with E-state index in [1.807, 2.05) is 6.07 Å². The van der Waals surface area contributed by atoms with Gasteiger partial charge >= 0.3 is 11.9 Å². The van der Waals surface area contributed by atoms with Gasteiger partial charge in [-0.2, -0.15) is 0 Å². The molecule has 0 bridgehead atoms. The second kappa shape index (κ2) is 9.40. The highest BCUT2D eigenvalue weighted by molar-refractivity contribution is 5.97. The summed E-state index contributed by atoms with van der Waals surface area (Å²) in [4.78, 5) is 46.3. The summed E-state index contributed by atoms with van der Waals surface area (Å²) in [6.07, 6.45) is 5.79. The molecule has 5 rings (SSSR count). The van der Waals surface area contributed by atoms with Gasteiger partial charge in [0.1, 0.15) is 5.76 Å². The molecule has 0 atom stereocenters. The van der Waals surface area contributed by atoms with Gasteiger partial charge in [-0.3, -0.25) is 14.8 Å². The Balaban J connectivity index is 1.66. The van der Waals surface area contributed by atoms with Crippen LogP contribution in [0.25, 0.3) is 22.3 Å². The maximum atomic E-state index is 12.9. The molecular formula is C27H16N2O6. The number of ether oxygens (including phenoxy) is 2. The van der Waals surface area contributed by atoms with Crippen LogP contribution in [0.5, 0.6) is 11.5 Å². The van der Waals surface area contributed by atoms with Crippen molar-refractivity contribution in [3.05, 3.63) is 119 Å². The van der Waals surface area contributed by atoms with E-state index in [4.69, 9.17) is 13.9 Å². The lowest BCUT2D eigenvalue weighted by molar-refractivity contribution is 0.0683. The van der Waals surface area contributed by atoms with Crippen molar-refractivity contribution in [3.63, 3.8) is 0 Å². The Bertz CT molecular complexity index is 1580. The normalized spacial score (nSPS) is 10.6. The number of esters is 2. The van der Waals surface area contributed by atoms with E-state index in [2.05, 4.69) is 9.97 Å². The zero-order valence-electron chi connectivity index (χ0n) is 18.1. The number of fused-ring (bicyclic) bond motifs is 1. The molecule has 8 nitrogen and oxygen atoms in total. The van der Waals surface area contributed by atoms with Gasteiger partial charge in [-0.1, -0.05) is 30.3 Å². The van der Waals surface area contributed by atoms with Gasteiger partial charge in [-0.15, -0.1) is 0 Å². The van der Waals surface area contributed by atoms with Gasteiger partial charge < -0.3 is 13.9 Å². The Morgan fingerprint density at radius 2 is 1.31 bits per heavy atom. The van der Waals surface area contributed by atoms with Crippen LogP contribution in [-0.4, -0.2) is 21.9 Å². The van der Waals surface area contributed by atoms with Gasteiger partial charge in [0.05, 0.1) is 16.5 Å². The first-order valence-corrected chi connectivity index (χ1v) is 10.5. The number of benzene rings is 2. The molecule has 170 valence electrons. The van der Waals surface area contributed by atoms with Crippen molar-refractivity contribution >= 4 is 22.9 Å². The predicted octanol–water partition coefficient (Wildman–Crippen LogP) is 4.69. The molecule has 0 aliphatic heterocycles. The fraction of sp³-hybridized carbons (Fsp3) is 0. The summed E-state index contributed by atoms with van der Waals surface area (Å²) in [5.74, 6) is -1.46. The fourth-order valence-corrected chi connectivity index (χ4v) is 3.38. The molecule has 0 fully saturated rings. The Hall–Kier alpha value is -5.11. The molecule has 0 radical (unpaired) electrons. The first-order valence-electron chi connectivity index (χ1n) is 10.5. The molecular weight excluding hydrogens is 448 g/mol. The van der Waals surface area contributed by atoms with Crippen LogP contribution >= 0.6 is 0 Å². The van der Waals surface area contributed by atoms with E-state index < -0.39 is 11.9 Å². The van der Waals surface area contributed by atoms with E-state index in [1.54, 1.807) is 24.3 Å². The number of hydrogen-bond acceptors (Lipinski definition) is 8. The van der Waals surface area contributed by atoms with E-state index in [-0.39, 0.29) is 44.8 Å². The number of hydrogen-bond donors (Lipinski definition) is 0. The molecule has 5 aromatic rings. The smallest absolute Gasteiger partial charge is 0.343 e. The average Bonchev–Trinajstić information content (AvgIpc) is 2.91.